The quantitative estimate of drug-likeness (QED) is 0.527. The maximum atomic E-state index is 13.0. The van der Waals surface area contributed by atoms with Crippen LogP contribution in [0.2, 0.25) is 0 Å². The third-order valence-corrected chi connectivity index (χ3v) is 6.49. The van der Waals surface area contributed by atoms with Crippen molar-refractivity contribution in [1.82, 2.24) is 14.5 Å². The van der Waals surface area contributed by atoms with Gasteiger partial charge in [0, 0.05) is 20.1 Å². The number of benzene rings is 2. The fourth-order valence-electron chi connectivity index (χ4n) is 2.99. The van der Waals surface area contributed by atoms with Gasteiger partial charge in [-0.3, -0.25) is 9.59 Å². The van der Waals surface area contributed by atoms with Crippen LogP contribution < -0.4 is 14.8 Å². The van der Waals surface area contributed by atoms with E-state index in [1.165, 1.54) is 11.9 Å². The van der Waals surface area contributed by atoms with E-state index in [9.17, 15) is 18.0 Å². The molecule has 9 nitrogen and oxygen atoms in total. The highest BCUT2D eigenvalue weighted by Crippen LogP contribution is 2.16. The molecule has 0 saturated carbocycles. The van der Waals surface area contributed by atoms with Gasteiger partial charge in [0.2, 0.25) is 21.8 Å². The van der Waals surface area contributed by atoms with Gasteiger partial charge >= 0.3 is 0 Å². The molecule has 1 atom stereocenters. The summed E-state index contributed by atoms with van der Waals surface area (Å²) in [6.45, 7) is 1.66. The molecule has 2 aromatic carbocycles. The van der Waals surface area contributed by atoms with E-state index in [1.54, 1.807) is 57.5 Å². The van der Waals surface area contributed by atoms with Crippen molar-refractivity contribution in [3.63, 3.8) is 0 Å². The number of nitrogens with zero attached hydrogens (tertiary/aromatic N) is 2. The Balaban J connectivity index is 2.16. The summed E-state index contributed by atoms with van der Waals surface area (Å²) in [6, 6.07) is 13.5. The fraction of sp³-hybridized carbons (Fsp3) is 0.391. The van der Waals surface area contributed by atoms with Crippen LogP contribution >= 0.6 is 0 Å². The van der Waals surface area contributed by atoms with Crippen LogP contribution in [0.5, 0.6) is 11.5 Å². The van der Waals surface area contributed by atoms with Gasteiger partial charge in [-0.15, -0.1) is 0 Å². The second-order valence-electron chi connectivity index (χ2n) is 7.63. The molecule has 180 valence electrons. The Kier molecular flexibility index (Phi) is 9.24. The van der Waals surface area contributed by atoms with Gasteiger partial charge in [-0.05, 0) is 42.3 Å². The molecule has 2 aromatic rings. The van der Waals surface area contributed by atoms with Gasteiger partial charge in [0.25, 0.3) is 0 Å². The highest BCUT2D eigenvalue weighted by molar-refractivity contribution is 7.88. The third kappa shape index (κ3) is 7.76. The number of hydrogen-bond donors (Lipinski definition) is 1. The van der Waals surface area contributed by atoms with E-state index < -0.39 is 22.0 Å². The van der Waals surface area contributed by atoms with Gasteiger partial charge in [0.15, 0.2) is 0 Å². The number of methoxy groups -OCH3 is 2. The number of amides is 2. The van der Waals surface area contributed by atoms with E-state index >= 15 is 0 Å². The van der Waals surface area contributed by atoms with Gasteiger partial charge in [0.1, 0.15) is 17.5 Å². The first-order valence-corrected chi connectivity index (χ1v) is 12.1. The van der Waals surface area contributed by atoms with Crippen LogP contribution in [0.4, 0.5) is 0 Å². The first kappa shape index (κ1) is 26.1. The molecular weight excluding hydrogens is 446 g/mol. The van der Waals surface area contributed by atoms with Crippen LogP contribution in [-0.4, -0.2) is 69.5 Å². The minimum Gasteiger partial charge on any atom is -0.497 e. The van der Waals surface area contributed by atoms with Gasteiger partial charge in [-0.25, -0.2) is 8.42 Å². The molecule has 1 N–H and O–H groups in total. The van der Waals surface area contributed by atoms with E-state index in [4.69, 9.17) is 9.47 Å². The van der Waals surface area contributed by atoms with Crippen molar-refractivity contribution >= 4 is 21.8 Å². The van der Waals surface area contributed by atoms with Crippen LogP contribution in [0.3, 0.4) is 0 Å². The Bertz CT molecular complexity index is 1040. The van der Waals surface area contributed by atoms with Crippen molar-refractivity contribution in [1.29, 1.82) is 0 Å². The molecule has 10 heteroatoms. The summed E-state index contributed by atoms with van der Waals surface area (Å²) in [4.78, 5) is 27.3. The molecule has 0 aliphatic rings. The minimum atomic E-state index is -3.55. The molecule has 33 heavy (non-hydrogen) atoms. The molecule has 2 rings (SSSR count). The number of carbonyl (C=O) groups is 2. The van der Waals surface area contributed by atoms with Gasteiger partial charge in [-0.2, -0.15) is 4.31 Å². The zero-order valence-electron chi connectivity index (χ0n) is 19.6. The Morgan fingerprint density at radius 1 is 0.939 bits per heavy atom. The second-order valence-corrected chi connectivity index (χ2v) is 9.72. The second kappa shape index (κ2) is 11.7. The van der Waals surface area contributed by atoms with Gasteiger partial charge in [-0.1, -0.05) is 24.3 Å². The average Bonchev–Trinajstić information content (AvgIpc) is 2.80. The molecule has 0 aliphatic carbocycles. The number of ether oxygens (including phenoxy) is 2. The Labute approximate surface area is 195 Å². The van der Waals surface area contributed by atoms with Crippen molar-refractivity contribution < 1.29 is 27.5 Å². The maximum absolute atomic E-state index is 13.0. The molecule has 0 radical (unpaired) electrons. The largest absolute Gasteiger partial charge is 0.497 e. The molecule has 0 saturated heterocycles. The number of likely N-dealkylation sites (N-methyl/N-ethyl adjacent to an activating group) is 1. The van der Waals surface area contributed by atoms with Crippen molar-refractivity contribution in [2.75, 3.05) is 34.1 Å². The number of nitrogens with one attached hydrogen (secondary N) is 1. The molecule has 0 unspecified atom stereocenters. The molecule has 0 heterocycles. The number of sulfonamides is 1. The standard InChI is InChI=1S/C23H31N3O6S/c1-17(23(28)24-14-18-6-10-20(31-3)11-7-18)26(22(27)16-25(2)33(5,29)30)15-19-8-12-21(32-4)13-9-19/h6-13,17H,14-16H2,1-5H3,(H,24,28)/t17-/m1/s1. The summed E-state index contributed by atoms with van der Waals surface area (Å²) in [5.41, 5.74) is 1.65. The highest BCUT2D eigenvalue weighted by atomic mass is 32.2. The number of carbonyl (C=O) groups excluding carboxylic acids is 2. The van der Waals surface area contributed by atoms with Crippen LogP contribution in [0.1, 0.15) is 18.1 Å². The lowest BCUT2D eigenvalue weighted by Gasteiger charge is -2.30. The highest BCUT2D eigenvalue weighted by Gasteiger charge is 2.28. The monoisotopic (exact) mass is 477 g/mol. The van der Waals surface area contributed by atoms with Crippen LogP contribution in [0, 0.1) is 0 Å². The summed E-state index contributed by atoms with van der Waals surface area (Å²) in [5.74, 6) is 0.545. The van der Waals surface area contributed by atoms with E-state index in [1.807, 2.05) is 12.1 Å². The average molecular weight is 478 g/mol. The van der Waals surface area contributed by atoms with Gasteiger partial charge in [0.05, 0.1) is 27.0 Å². The van der Waals surface area contributed by atoms with Crippen molar-refractivity contribution in [3.05, 3.63) is 59.7 Å². The molecule has 2 amide bonds. The van der Waals surface area contributed by atoms with Crippen LogP contribution in [0.15, 0.2) is 48.5 Å². The Morgan fingerprint density at radius 3 is 1.88 bits per heavy atom. The lowest BCUT2D eigenvalue weighted by molar-refractivity contribution is -0.140. The summed E-state index contributed by atoms with van der Waals surface area (Å²) >= 11 is 0. The van der Waals surface area contributed by atoms with Crippen LogP contribution in [0.25, 0.3) is 0 Å². The number of rotatable bonds is 11. The molecular formula is C23H31N3O6S. The normalized spacial score (nSPS) is 12.2. The lowest BCUT2D eigenvalue weighted by atomic mass is 10.1. The topological polar surface area (TPSA) is 105 Å². The first-order valence-electron chi connectivity index (χ1n) is 10.3. The lowest BCUT2D eigenvalue weighted by Crippen LogP contribution is -2.50. The molecule has 0 spiro atoms. The zero-order chi connectivity index (χ0) is 24.6. The first-order chi connectivity index (χ1) is 15.5. The predicted molar refractivity (Wildman–Crippen MR) is 125 cm³/mol. The maximum Gasteiger partial charge on any atom is 0.242 e. The fourth-order valence-corrected chi connectivity index (χ4v) is 3.33. The summed E-state index contributed by atoms with van der Waals surface area (Å²) < 4.78 is 34.8. The molecule has 0 fully saturated rings. The Morgan fingerprint density at radius 2 is 1.42 bits per heavy atom. The number of hydrogen-bond acceptors (Lipinski definition) is 6. The SMILES string of the molecule is COc1ccc(CNC(=O)[C@@H](C)N(Cc2ccc(OC)cc2)C(=O)CN(C)S(C)(=O)=O)cc1. The van der Waals surface area contributed by atoms with E-state index in [-0.39, 0.29) is 25.5 Å². The van der Waals surface area contributed by atoms with E-state index in [0.29, 0.717) is 11.5 Å². The predicted octanol–water partition coefficient (Wildman–Crippen LogP) is 1.63. The summed E-state index contributed by atoms with van der Waals surface area (Å²) in [6.07, 6.45) is 1.03. The molecule has 0 bridgehead atoms. The van der Waals surface area contributed by atoms with Crippen molar-refractivity contribution in [2.24, 2.45) is 0 Å². The minimum absolute atomic E-state index is 0.136. The zero-order valence-corrected chi connectivity index (χ0v) is 20.4. The van der Waals surface area contributed by atoms with E-state index in [0.717, 1.165) is 21.7 Å². The Hall–Kier alpha value is -3.11. The van der Waals surface area contributed by atoms with Gasteiger partial charge < -0.3 is 19.7 Å². The molecule has 0 aromatic heterocycles. The smallest absolute Gasteiger partial charge is 0.242 e. The summed E-state index contributed by atoms with van der Waals surface area (Å²) in [5, 5.41) is 2.83. The van der Waals surface area contributed by atoms with Crippen molar-refractivity contribution in [3.8, 4) is 11.5 Å². The summed E-state index contributed by atoms with van der Waals surface area (Å²) in [7, 11) is 0.908. The van der Waals surface area contributed by atoms with Crippen LogP contribution in [-0.2, 0) is 32.7 Å². The molecule has 0 aliphatic heterocycles. The van der Waals surface area contributed by atoms with E-state index in [2.05, 4.69) is 5.32 Å². The third-order valence-electron chi connectivity index (χ3n) is 5.23. The van der Waals surface area contributed by atoms with Crippen molar-refractivity contribution in [2.45, 2.75) is 26.1 Å².